The molecule has 3 aromatic rings. The lowest BCUT2D eigenvalue weighted by Crippen LogP contribution is -2.48. The summed E-state index contributed by atoms with van der Waals surface area (Å²) in [7, 11) is 1.63. The van der Waals surface area contributed by atoms with Crippen molar-refractivity contribution in [3.63, 3.8) is 0 Å². The molecule has 0 bridgehead atoms. The third kappa shape index (κ3) is 3.91. The molecular weight excluding hydrogens is 420 g/mol. The third-order valence-corrected chi connectivity index (χ3v) is 7.22. The SMILES string of the molecule is COc1cccc(C2C(C(=O)NCCc3cccs3)c3ccccc3C(=O)N2C2CC2)c1. The van der Waals surface area contributed by atoms with E-state index in [0.717, 1.165) is 36.1 Å². The largest absolute Gasteiger partial charge is 0.497 e. The zero-order valence-electron chi connectivity index (χ0n) is 18.0. The maximum atomic E-state index is 13.6. The van der Waals surface area contributed by atoms with Crippen molar-refractivity contribution in [1.29, 1.82) is 0 Å². The Balaban J connectivity index is 1.53. The second kappa shape index (κ2) is 8.79. The van der Waals surface area contributed by atoms with Gasteiger partial charge in [-0.25, -0.2) is 0 Å². The van der Waals surface area contributed by atoms with Gasteiger partial charge in [0.25, 0.3) is 5.91 Å². The van der Waals surface area contributed by atoms with Crippen molar-refractivity contribution < 1.29 is 14.3 Å². The molecule has 5 rings (SSSR count). The average molecular weight is 447 g/mol. The molecule has 1 saturated carbocycles. The van der Waals surface area contributed by atoms with Gasteiger partial charge < -0.3 is 15.0 Å². The van der Waals surface area contributed by atoms with E-state index >= 15 is 0 Å². The first kappa shape index (κ1) is 20.8. The Morgan fingerprint density at radius 3 is 2.72 bits per heavy atom. The number of benzene rings is 2. The summed E-state index contributed by atoms with van der Waals surface area (Å²) < 4.78 is 5.45. The number of rotatable bonds is 7. The molecule has 0 saturated heterocycles. The second-order valence-corrected chi connectivity index (χ2v) is 9.38. The van der Waals surface area contributed by atoms with Crippen molar-refractivity contribution >= 4 is 23.2 Å². The molecule has 2 heterocycles. The van der Waals surface area contributed by atoms with Gasteiger partial charge in [0.05, 0.1) is 19.1 Å². The van der Waals surface area contributed by atoms with Gasteiger partial charge in [0.1, 0.15) is 5.75 Å². The average Bonchev–Trinajstić information content (AvgIpc) is 3.53. The number of ether oxygens (including phenoxy) is 1. The summed E-state index contributed by atoms with van der Waals surface area (Å²) in [5.41, 5.74) is 2.37. The Morgan fingerprint density at radius 2 is 1.97 bits per heavy atom. The molecule has 6 heteroatoms. The van der Waals surface area contributed by atoms with Crippen LogP contribution in [0.4, 0.5) is 0 Å². The summed E-state index contributed by atoms with van der Waals surface area (Å²) in [6.07, 6.45) is 2.75. The lowest BCUT2D eigenvalue weighted by atomic mass is 9.79. The first-order valence-corrected chi connectivity index (χ1v) is 11.9. The Labute approximate surface area is 192 Å². The number of carbonyl (C=O) groups excluding carboxylic acids is 2. The number of thiophene rings is 1. The standard InChI is InChI=1S/C26H26N2O3S/c1-31-19-7-4-6-17(16-19)24-23(25(29)27-14-13-20-8-5-15-32-20)21-9-2-3-10-22(21)26(30)28(24)18-11-12-18/h2-10,15-16,18,23-24H,11-14H2,1H3,(H,27,29). The van der Waals surface area contributed by atoms with Crippen molar-refractivity contribution in [2.45, 2.75) is 37.3 Å². The Morgan fingerprint density at radius 1 is 1.12 bits per heavy atom. The molecule has 0 radical (unpaired) electrons. The van der Waals surface area contributed by atoms with E-state index in [2.05, 4.69) is 11.4 Å². The van der Waals surface area contributed by atoms with Gasteiger partial charge in [0.2, 0.25) is 5.91 Å². The molecule has 0 spiro atoms. The van der Waals surface area contributed by atoms with Crippen molar-refractivity contribution in [1.82, 2.24) is 10.2 Å². The van der Waals surface area contributed by atoms with Crippen LogP contribution in [0.2, 0.25) is 0 Å². The molecule has 1 aliphatic carbocycles. The maximum Gasteiger partial charge on any atom is 0.254 e. The number of nitrogens with zero attached hydrogens (tertiary/aromatic N) is 1. The normalized spacial score (nSPS) is 20.0. The van der Waals surface area contributed by atoms with Crippen LogP contribution in [0.15, 0.2) is 66.0 Å². The van der Waals surface area contributed by atoms with Crippen LogP contribution in [-0.2, 0) is 11.2 Å². The molecular formula is C26H26N2O3S. The zero-order chi connectivity index (χ0) is 22.1. The summed E-state index contributed by atoms with van der Waals surface area (Å²) in [6.45, 7) is 0.570. The highest BCUT2D eigenvalue weighted by Crippen LogP contribution is 2.48. The van der Waals surface area contributed by atoms with Gasteiger partial charge in [-0.1, -0.05) is 36.4 Å². The minimum atomic E-state index is -0.472. The van der Waals surface area contributed by atoms with Crippen LogP contribution in [0.3, 0.4) is 0 Å². The highest BCUT2D eigenvalue weighted by Gasteiger charge is 2.49. The van der Waals surface area contributed by atoms with Crippen LogP contribution in [0.5, 0.6) is 5.75 Å². The predicted octanol–water partition coefficient (Wildman–Crippen LogP) is 4.56. The van der Waals surface area contributed by atoms with Gasteiger partial charge in [-0.2, -0.15) is 0 Å². The number of amides is 2. The van der Waals surface area contributed by atoms with E-state index in [-0.39, 0.29) is 23.9 Å². The lowest BCUT2D eigenvalue weighted by molar-refractivity contribution is -0.124. The van der Waals surface area contributed by atoms with Crippen molar-refractivity contribution in [3.8, 4) is 5.75 Å². The fourth-order valence-corrected chi connectivity index (χ4v) is 5.35. The highest BCUT2D eigenvalue weighted by atomic mass is 32.1. The fourth-order valence-electron chi connectivity index (χ4n) is 4.64. The molecule has 5 nitrogen and oxygen atoms in total. The number of methoxy groups -OCH3 is 1. The molecule has 2 unspecified atom stereocenters. The Bertz CT molecular complexity index is 1120. The van der Waals surface area contributed by atoms with Gasteiger partial charge in [-0.05, 0) is 60.0 Å². The van der Waals surface area contributed by atoms with Crippen LogP contribution in [0.1, 0.15) is 51.2 Å². The van der Waals surface area contributed by atoms with Crippen molar-refractivity contribution in [3.05, 3.63) is 87.6 Å². The van der Waals surface area contributed by atoms with Gasteiger partial charge >= 0.3 is 0 Å². The van der Waals surface area contributed by atoms with Crippen LogP contribution in [0.25, 0.3) is 0 Å². The number of hydrogen-bond donors (Lipinski definition) is 1. The smallest absolute Gasteiger partial charge is 0.254 e. The van der Waals surface area contributed by atoms with Crippen LogP contribution in [-0.4, -0.2) is 36.4 Å². The number of carbonyl (C=O) groups is 2. The molecule has 1 fully saturated rings. The summed E-state index contributed by atoms with van der Waals surface area (Å²) in [5, 5.41) is 5.20. The molecule has 1 N–H and O–H groups in total. The van der Waals surface area contributed by atoms with Crippen molar-refractivity contribution in [2.24, 2.45) is 0 Å². The molecule has 2 aliphatic rings. The first-order chi connectivity index (χ1) is 15.7. The summed E-state index contributed by atoms with van der Waals surface area (Å²) >= 11 is 1.70. The van der Waals surface area contributed by atoms with Gasteiger partial charge in [-0.3, -0.25) is 9.59 Å². The summed E-state index contributed by atoms with van der Waals surface area (Å²) in [5.74, 6) is 0.222. The summed E-state index contributed by atoms with van der Waals surface area (Å²) in [4.78, 5) is 30.4. The number of hydrogen-bond acceptors (Lipinski definition) is 4. The van der Waals surface area contributed by atoms with E-state index < -0.39 is 5.92 Å². The second-order valence-electron chi connectivity index (χ2n) is 8.35. The number of nitrogens with one attached hydrogen (secondary N) is 1. The number of fused-ring (bicyclic) bond motifs is 1. The van der Waals surface area contributed by atoms with E-state index in [1.165, 1.54) is 4.88 Å². The zero-order valence-corrected chi connectivity index (χ0v) is 18.8. The van der Waals surface area contributed by atoms with E-state index in [4.69, 9.17) is 4.74 Å². The topological polar surface area (TPSA) is 58.6 Å². The quantitative estimate of drug-likeness (QED) is 0.579. The van der Waals surface area contributed by atoms with E-state index in [0.29, 0.717) is 12.1 Å². The monoisotopic (exact) mass is 446 g/mol. The third-order valence-electron chi connectivity index (χ3n) is 6.28. The van der Waals surface area contributed by atoms with Crippen LogP contribution >= 0.6 is 11.3 Å². The van der Waals surface area contributed by atoms with Gasteiger partial charge in [0.15, 0.2) is 0 Å². The molecule has 2 aromatic carbocycles. The van der Waals surface area contributed by atoms with E-state index in [9.17, 15) is 9.59 Å². The maximum absolute atomic E-state index is 13.6. The Kier molecular flexibility index (Phi) is 5.70. The van der Waals surface area contributed by atoms with Gasteiger partial charge in [0, 0.05) is 23.0 Å². The molecule has 1 aromatic heterocycles. The summed E-state index contributed by atoms with van der Waals surface area (Å²) in [6, 6.07) is 19.2. The van der Waals surface area contributed by atoms with E-state index in [1.807, 2.05) is 64.9 Å². The Hall–Kier alpha value is -3.12. The van der Waals surface area contributed by atoms with Gasteiger partial charge in [-0.15, -0.1) is 11.3 Å². The minimum absolute atomic E-state index is 0.0126. The van der Waals surface area contributed by atoms with Crippen LogP contribution in [0, 0.1) is 0 Å². The molecule has 32 heavy (non-hydrogen) atoms. The molecule has 164 valence electrons. The first-order valence-electron chi connectivity index (χ1n) is 11.0. The molecule has 1 aliphatic heterocycles. The minimum Gasteiger partial charge on any atom is -0.497 e. The van der Waals surface area contributed by atoms with Crippen molar-refractivity contribution in [2.75, 3.05) is 13.7 Å². The fraction of sp³-hybridized carbons (Fsp3) is 0.308. The van der Waals surface area contributed by atoms with E-state index in [1.54, 1.807) is 18.4 Å². The predicted molar refractivity (Wildman–Crippen MR) is 125 cm³/mol. The molecule has 2 amide bonds. The lowest BCUT2D eigenvalue weighted by Gasteiger charge is -2.42. The highest BCUT2D eigenvalue weighted by molar-refractivity contribution is 7.09. The molecule has 2 atom stereocenters. The van der Waals surface area contributed by atoms with Crippen LogP contribution < -0.4 is 10.1 Å².